The zero-order valence-electron chi connectivity index (χ0n) is 9.00. The summed E-state index contributed by atoms with van der Waals surface area (Å²) in [5.41, 5.74) is 1.18. The van der Waals surface area contributed by atoms with E-state index in [-0.39, 0.29) is 0 Å². The SMILES string of the molecule is OB(c1cc(Cl)cc(Cl)c1)c1cc(Cl)cc(Cl)c1. The Morgan fingerprint density at radius 2 is 0.889 bits per heavy atom. The molecule has 0 fully saturated rings. The second kappa shape index (κ2) is 5.73. The molecule has 0 aromatic heterocycles. The van der Waals surface area contributed by atoms with E-state index in [0.717, 1.165) is 0 Å². The molecule has 0 saturated heterocycles. The maximum absolute atomic E-state index is 10.3. The highest BCUT2D eigenvalue weighted by Crippen LogP contribution is 2.16. The van der Waals surface area contributed by atoms with Gasteiger partial charge >= 0.3 is 6.92 Å². The summed E-state index contributed by atoms with van der Waals surface area (Å²) in [6.45, 7) is -0.877. The van der Waals surface area contributed by atoms with Crippen molar-refractivity contribution in [3.8, 4) is 0 Å². The Kier molecular flexibility index (Phi) is 4.47. The van der Waals surface area contributed by atoms with Crippen LogP contribution in [0.4, 0.5) is 0 Å². The second-order valence-corrected chi connectivity index (χ2v) is 5.55. The minimum Gasteiger partial charge on any atom is -0.443 e. The van der Waals surface area contributed by atoms with Gasteiger partial charge in [-0.3, -0.25) is 0 Å². The third kappa shape index (κ3) is 3.34. The summed E-state index contributed by atoms with van der Waals surface area (Å²) < 4.78 is 0. The molecule has 0 amide bonds. The lowest BCUT2D eigenvalue weighted by atomic mass is 9.56. The van der Waals surface area contributed by atoms with Gasteiger partial charge in [-0.05, 0) is 47.3 Å². The summed E-state index contributed by atoms with van der Waals surface area (Å²) in [7, 11) is 0. The van der Waals surface area contributed by atoms with Crippen molar-refractivity contribution >= 4 is 64.2 Å². The van der Waals surface area contributed by atoms with Crippen LogP contribution in [0.25, 0.3) is 0 Å². The Labute approximate surface area is 125 Å². The van der Waals surface area contributed by atoms with Gasteiger partial charge in [0.05, 0.1) is 0 Å². The van der Waals surface area contributed by atoms with Crippen molar-refractivity contribution in [2.24, 2.45) is 0 Å². The van der Waals surface area contributed by atoms with Crippen molar-refractivity contribution in [2.75, 3.05) is 0 Å². The van der Waals surface area contributed by atoms with Crippen molar-refractivity contribution in [2.45, 2.75) is 0 Å². The molecule has 0 aliphatic rings. The van der Waals surface area contributed by atoms with Crippen LogP contribution in [0.15, 0.2) is 36.4 Å². The van der Waals surface area contributed by atoms with E-state index >= 15 is 0 Å². The van der Waals surface area contributed by atoms with Crippen LogP contribution in [0, 0.1) is 0 Å². The Morgan fingerprint density at radius 1 is 0.611 bits per heavy atom. The molecule has 0 saturated carbocycles. The molecular formula is C12H7BCl4O. The van der Waals surface area contributed by atoms with E-state index in [1.54, 1.807) is 36.4 Å². The standard InChI is InChI=1S/C12H7BCl4O/c14-9-1-7(2-10(15)5-9)13(18)8-3-11(16)6-12(17)4-8/h1-6,18H. The van der Waals surface area contributed by atoms with Gasteiger partial charge in [0, 0.05) is 20.1 Å². The monoisotopic (exact) mass is 318 g/mol. The highest BCUT2D eigenvalue weighted by molar-refractivity contribution is 6.79. The Bertz CT molecular complexity index is 496. The Morgan fingerprint density at radius 3 is 1.17 bits per heavy atom. The molecule has 0 aliphatic carbocycles. The van der Waals surface area contributed by atoms with E-state index in [9.17, 15) is 5.02 Å². The lowest BCUT2D eigenvalue weighted by Crippen LogP contribution is -2.42. The first-order valence-corrected chi connectivity index (χ1v) is 6.57. The number of benzene rings is 2. The van der Waals surface area contributed by atoms with Crippen molar-refractivity contribution in [3.05, 3.63) is 56.5 Å². The molecular weight excluding hydrogens is 313 g/mol. The minimum atomic E-state index is -0.877. The molecule has 1 N–H and O–H groups in total. The van der Waals surface area contributed by atoms with Crippen LogP contribution in [0.1, 0.15) is 0 Å². The maximum Gasteiger partial charge on any atom is 0.359 e. The van der Waals surface area contributed by atoms with Crippen molar-refractivity contribution in [3.63, 3.8) is 0 Å². The highest BCUT2D eigenvalue weighted by Gasteiger charge is 2.19. The minimum absolute atomic E-state index is 0.463. The van der Waals surface area contributed by atoms with E-state index < -0.39 is 6.92 Å². The molecule has 92 valence electrons. The fourth-order valence-corrected chi connectivity index (χ4v) is 2.74. The van der Waals surface area contributed by atoms with Gasteiger partial charge in [0.2, 0.25) is 0 Å². The Hall–Kier alpha value is -0.375. The summed E-state index contributed by atoms with van der Waals surface area (Å²) in [6, 6.07) is 9.79. The first-order chi connectivity index (χ1) is 8.45. The summed E-state index contributed by atoms with van der Waals surface area (Å²) in [5, 5.41) is 12.1. The Balaban J connectivity index is 2.43. The van der Waals surface area contributed by atoms with Crippen LogP contribution in [-0.2, 0) is 0 Å². The lowest BCUT2D eigenvalue weighted by Gasteiger charge is -2.09. The number of hydrogen-bond donors (Lipinski definition) is 1. The lowest BCUT2D eigenvalue weighted by molar-refractivity contribution is 0.600. The highest BCUT2D eigenvalue weighted by atomic mass is 35.5. The van der Waals surface area contributed by atoms with Gasteiger partial charge in [-0.15, -0.1) is 0 Å². The largest absolute Gasteiger partial charge is 0.443 e. The van der Waals surface area contributed by atoms with Crippen molar-refractivity contribution in [1.29, 1.82) is 0 Å². The second-order valence-electron chi connectivity index (χ2n) is 3.81. The smallest absolute Gasteiger partial charge is 0.359 e. The molecule has 2 aromatic carbocycles. The van der Waals surface area contributed by atoms with Crippen LogP contribution < -0.4 is 10.9 Å². The van der Waals surface area contributed by atoms with Gasteiger partial charge < -0.3 is 5.02 Å². The predicted octanol–water partition coefficient (Wildman–Crippen LogP) is 3.40. The van der Waals surface area contributed by atoms with Crippen molar-refractivity contribution < 1.29 is 5.02 Å². The van der Waals surface area contributed by atoms with E-state index in [0.29, 0.717) is 31.0 Å². The summed E-state index contributed by atoms with van der Waals surface area (Å²) >= 11 is 23.6. The first kappa shape index (κ1) is 14.0. The van der Waals surface area contributed by atoms with E-state index in [2.05, 4.69) is 0 Å². The molecule has 0 aliphatic heterocycles. The number of hydrogen-bond acceptors (Lipinski definition) is 1. The molecule has 2 aromatic rings. The van der Waals surface area contributed by atoms with Crippen LogP contribution in [0.3, 0.4) is 0 Å². The number of rotatable bonds is 2. The number of halogens is 4. The summed E-state index contributed by atoms with van der Waals surface area (Å²) in [6.07, 6.45) is 0. The quantitative estimate of drug-likeness (QED) is 0.841. The molecule has 0 heterocycles. The maximum atomic E-state index is 10.3. The molecule has 18 heavy (non-hydrogen) atoms. The zero-order chi connectivity index (χ0) is 13.3. The van der Waals surface area contributed by atoms with Crippen LogP contribution in [-0.4, -0.2) is 11.9 Å². The summed E-state index contributed by atoms with van der Waals surface area (Å²) in [4.78, 5) is 0. The van der Waals surface area contributed by atoms with Gasteiger partial charge in [-0.2, -0.15) is 0 Å². The molecule has 0 atom stereocenters. The van der Waals surface area contributed by atoms with Gasteiger partial charge in [0.25, 0.3) is 0 Å². The van der Waals surface area contributed by atoms with Crippen LogP contribution in [0.2, 0.25) is 20.1 Å². The molecule has 1 nitrogen and oxygen atoms in total. The first-order valence-electron chi connectivity index (χ1n) is 5.06. The van der Waals surface area contributed by atoms with Gasteiger partial charge in [-0.1, -0.05) is 46.4 Å². The van der Waals surface area contributed by atoms with E-state index in [1.165, 1.54) is 0 Å². The van der Waals surface area contributed by atoms with Gasteiger partial charge in [-0.25, -0.2) is 0 Å². The third-order valence-electron chi connectivity index (χ3n) is 2.40. The van der Waals surface area contributed by atoms with Crippen molar-refractivity contribution in [1.82, 2.24) is 0 Å². The van der Waals surface area contributed by atoms with Crippen LogP contribution >= 0.6 is 46.4 Å². The van der Waals surface area contributed by atoms with Gasteiger partial charge in [0.1, 0.15) is 0 Å². The molecule has 6 heteroatoms. The fraction of sp³-hybridized carbons (Fsp3) is 0. The third-order valence-corrected chi connectivity index (χ3v) is 3.27. The molecule has 0 unspecified atom stereocenters. The molecule has 0 spiro atoms. The van der Waals surface area contributed by atoms with Crippen LogP contribution in [0.5, 0.6) is 0 Å². The fourth-order valence-electron chi connectivity index (χ4n) is 1.66. The van der Waals surface area contributed by atoms with Gasteiger partial charge in [0.15, 0.2) is 0 Å². The summed E-state index contributed by atoms with van der Waals surface area (Å²) in [5.74, 6) is 0. The topological polar surface area (TPSA) is 20.2 Å². The normalized spacial score (nSPS) is 10.5. The average Bonchev–Trinajstić information content (AvgIpc) is 2.25. The molecule has 2 rings (SSSR count). The zero-order valence-corrected chi connectivity index (χ0v) is 12.0. The average molecular weight is 320 g/mol. The predicted molar refractivity (Wildman–Crippen MR) is 80.2 cm³/mol. The molecule has 0 radical (unpaired) electrons. The van der Waals surface area contributed by atoms with E-state index in [4.69, 9.17) is 46.4 Å². The van der Waals surface area contributed by atoms with E-state index in [1.807, 2.05) is 0 Å². The molecule has 0 bridgehead atoms.